The largest absolute Gasteiger partial charge is 0.302 e. The number of ketones is 1. The second-order valence-corrected chi connectivity index (χ2v) is 6.05. The molecule has 0 bridgehead atoms. The van der Waals surface area contributed by atoms with Gasteiger partial charge in [-0.1, -0.05) is 26.0 Å². The predicted molar refractivity (Wildman–Crippen MR) is 71.0 cm³/mol. The molecule has 2 N–H and O–H groups in total. The standard InChI is InChI=1S/C13H16N2O2S/c1-13(2)7-9(6-10(16)8-13)14-15-12(17)11-4-3-5-18-11/h3-5,7,14H,6,8H2,1-2H3,(H,15,17). The van der Waals surface area contributed by atoms with E-state index in [1.54, 1.807) is 6.07 Å². The van der Waals surface area contributed by atoms with Crippen LogP contribution in [0.25, 0.3) is 0 Å². The number of carbonyl (C=O) groups is 2. The lowest BCUT2D eigenvalue weighted by molar-refractivity contribution is -0.120. The van der Waals surface area contributed by atoms with Crippen LogP contribution in [0.15, 0.2) is 29.3 Å². The molecule has 18 heavy (non-hydrogen) atoms. The van der Waals surface area contributed by atoms with Crippen molar-refractivity contribution in [3.8, 4) is 0 Å². The zero-order valence-corrected chi connectivity index (χ0v) is 11.3. The minimum absolute atomic E-state index is 0.147. The van der Waals surface area contributed by atoms with E-state index in [0.717, 1.165) is 5.70 Å². The van der Waals surface area contributed by atoms with Crippen LogP contribution in [-0.2, 0) is 4.79 Å². The van der Waals surface area contributed by atoms with Crippen LogP contribution in [0.2, 0.25) is 0 Å². The third-order valence-corrected chi connectivity index (χ3v) is 3.56. The Morgan fingerprint density at radius 3 is 2.83 bits per heavy atom. The number of thiophene rings is 1. The summed E-state index contributed by atoms with van der Waals surface area (Å²) in [5.74, 6) is 0.0112. The van der Waals surface area contributed by atoms with Crippen LogP contribution in [0.4, 0.5) is 0 Å². The Balaban J connectivity index is 1.96. The Labute approximate surface area is 110 Å². The first kappa shape index (κ1) is 12.8. The molecular formula is C13H16N2O2S. The average Bonchev–Trinajstić information content (AvgIpc) is 2.76. The van der Waals surface area contributed by atoms with Crippen molar-refractivity contribution in [3.05, 3.63) is 34.2 Å². The van der Waals surface area contributed by atoms with E-state index in [4.69, 9.17) is 0 Å². The molecule has 0 saturated carbocycles. The van der Waals surface area contributed by atoms with E-state index >= 15 is 0 Å². The number of hydrogen-bond acceptors (Lipinski definition) is 4. The van der Waals surface area contributed by atoms with Crippen molar-refractivity contribution in [2.24, 2.45) is 5.41 Å². The summed E-state index contributed by atoms with van der Waals surface area (Å²) in [4.78, 5) is 23.9. The molecule has 1 aliphatic carbocycles. The molecule has 2 rings (SSSR count). The molecule has 4 nitrogen and oxygen atoms in total. The molecule has 5 heteroatoms. The number of amides is 1. The summed E-state index contributed by atoms with van der Waals surface area (Å²) in [6.07, 6.45) is 2.91. The van der Waals surface area contributed by atoms with Gasteiger partial charge in [0.2, 0.25) is 0 Å². The van der Waals surface area contributed by atoms with E-state index in [2.05, 4.69) is 10.9 Å². The average molecular weight is 264 g/mol. The fraction of sp³-hybridized carbons (Fsp3) is 0.385. The van der Waals surface area contributed by atoms with Gasteiger partial charge in [0.1, 0.15) is 5.78 Å². The summed E-state index contributed by atoms with van der Waals surface area (Å²) in [7, 11) is 0. The summed E-state index contributed by atoms with van der Waals surface area (Å²) in [5.41, 5.74) is 6.07. The third-order valence-electron chi connectivity index (χ3n) is 2.69. The summed E-state index contributed by atoms with van der Waals surface area (Å²) < 4.78 is 0. The smallest absolute Gasteiger partial charge is 0.279 e. The molecule has 1 amide bonds. The number of Topliss-reactive ketones (excluding diaryl/α,β-unsaturated/α-hetero) is 1. The zero-order valence-electron chi connectivity index (χ0n) is 10.4. The fourth-order valence-electron chi connectivity index (χ4n) is 2.04. The first-order chi connectivity index (χ1) is 8.46. The van der Waals surface area contributed by atoms with Gasteiger partial charge in [0, 0.05) is 18.5 Å². The fourth-order valence-corrected chi connectivity index (χ4v) is 2.66. The van der Waals surface area contributed by atoms with Gasteiger partial charge in [-0.15, -0.1) is 11.3 Å². The second-order valence-electron chi connectivity index (χ2n) is 5.11. The molecule has 0 unspecified atom stereocenters. The lowest BCUT2D eigenvalue weighted by Gasteiger charge is -2.26. The number of allylic oxidation sites excluding steroid dienone is 2. The van der Waals surface area contributed by atoms with E-state index in [1.807, 2.05) is 31.4 Å². The van der Waals surface area contributed by atoms with Crippen molar-refractivity contribution in [1.29, 1.82) is 0 Å². The Morgan fingerprint density at radius 1 is 1.44 bits per heavy atom. The number of rotatable bonds is 3. The maximum Gasteiger partial charge on any atom is 0.279 e. The molecule has 96 valence electrons. The molecule has 0 spiro atoms. The van der Waals surface area contributed by atoms with Crippen molar-refractivity contribution >= 4 is 23.0 Å². The van der Waals surface area contributed by atoms with Crippen LogP contribution in [-0.4, -0.2) is 11.7 Å². The molecular weight excluding hydrogens is 248 g/mol. The normalized spacial score (nSPS) is 18.1. The number of hydrogen-bond donors (Lipinski definition) is 2. The van der Waals surface area contributed by atoms with Gasteiger partial charge in [-0.05, 0) is 16.9 Å². The van der Waals surface area contributed by atoms with Crippen molar-refractivity contribution < 1.29 is 9.59 Å². The second kappa shape index (κ2) is 4.94. The van der Waals surface area contributed by atoms with Crippen molar-refractivity contribution in [1.82, 2.24) is 10.9 Å². The van der Waals surface area contributed by atoms with E-state index in [1.165, 1.54) is 11.3 Å². The first-order valence-electron chi connectivity index (χ1n) is 5.79. The molecule has 0 saturated heterocycles. The molecule has 0 atom stereocenters. The lowest BCUT2D eigenvalue weighted by atomic mass is 9.81. The minimum atomic E-state index is -0.179. The van der Waals surface area contributed by atoms with Gasteiger partial charge >= 0.3 is 0 Å². The quantitative estimate of drug-likeness (QED) is 0.823. The summed E-state index contributed by atoms with van der Waals surface area (Å²) >= 11 is 1.38. The topological polar surface area (TPSA) is 58.2 Å². The van der Waals surface area contributed by atoms with Gasteiger partial charge in [0.25, 0.3) is 5.91 Å². The molecule has 1 heterocycles. The molecule has 0 radical (unpaired) electrons. The highest BCUT2D eigenvalue weighted by atomic mass is 32.1. The minimum Gasteiger partial charge on any atom is -0.302 e. The van der Waals surface area contributed by atoms with E-state index in [9.17, 15) is 9.59 Å². The molecule has 1 aromatic heterocycles. The van der Waals surface area contributed by atoms with Crippen LogP contribution in [0.5, 0.6) is 0 Å². The van der Waals surface area contributed by atoms with Crippen molar-refractivity contribution in [2.45, 2.75) is 26.7 Å². The summed E-state index contributed by atoms with van der Waals surface area (Å²) in [6.45, 7) is 4.01. The zero-order chi connectivity index (χ0) is 13.2. The van der Waals surface area contributed by atoms with Gasteiger partial charge in [0.15, 0.2) is 0 Å². The Morgan fingerprint density at radius 2 is 2.22 bits per heavy atom. The third kappa shape index (κ3) is 3.20. The molecule has 0 aliphatic heterocycles. The predicted octanol–water partition coefficient (Wildman–Crippen LogP) is 2.26. The number of nitrogens with one attached hydrogen (secondary N) is 2. The van der Waals surface area contributed by atoms with Gasteiger partial charge in [-0.2, -0.15) is 0 Å². The van der Waals surface area contributed by atoms with Gasteiger partial charge < -0.3 is 5.43 Å². The van der Waals surface area contributed by atoms with Crippen molar-refractivity contribution in [3.63, 3.8) is 0 Å². The summed E-state index contributed by atoms with van der Waals surface area (Å²) in [6, 6.07) is 3.58. The van der Waals surface area contributed by atoms with Crippen LogP contribution in [0.1, 0.15) is 36.4 Å². The SMILES string of the molecule is CC1(C)C=C(NNC(=O)c2cccs2)CC(=O)C1. The van der Waals surface area contributed by atoms with E-state index < -0.39 is 0 Å². The van der Waals surface area contributed by atoms with Gasteiger partial charge in [-0.25, -0.2) is 0 Å². The highest BCUT2D eigenvalue weighted by molar-refractivity contribution is 7.12. The van der Waals surface area contributed by atoms with Crippen molar-refractivity contribution in [2.75, 3.05) is 0 Å². The molecule has 0 aromatic carbocycles. The maximum absolute atomic E-state index is 11.7. The summed E-state index contributed by atoms with van der Waals surface area (Å²) in [5, 5.41) is 1.85. The van der Waals surface area contributed by atoms with Crippen LogP contribution in [0, 0.1) is 5.41 Å². The van der Waals surface area contributed by atoms with Crippen LogP contribution in [0.3, 0.4) is 0 Å². The van der Waals surface area contributed by atoms with Gasteiger partial charge in [-0.3, -0.25) is 15.0 Å². The molecule has 1 aromatic rings. The lowest BCUT2D eigenvalue weighted by Crippen LogP contribution is -2.39. The van der Waals surface area contributed by atoms with Crippen LogP contribution >= 0.6 is 11.3 Å². The molecule has 1 aliphatic rings. The highest BCUT2D eigenvalue weighted by Gasteiger charge is 2.26. The number of carbonyl (C=O) groups excluding carboxylic acids is 2. The molecule has 0 fully saturated rings. The Kier molecular flexibility index (Phi) is 3.52. The number of hydrazine groups is 1. The van der Waals surface area contributed by atoms with Crippen LogP contribution < -0.4 is 10.9 Å². The highest BCUT2D eigenvalue weighted by Crippen LogP contribution is 2.29. The monoisotopic (exact) mass is 264 g/mol. The maximum atomic E-state index is 11.7. The first-order valence-corrected chi connectivity index (χ1v) is 6.67. The Bertz CT molecular complexity index is 489. The van der Waals surface area contributed by atoms with Gasteiger partial charge in [0.05, 0.1) is 4.88 Å². The Hall–Kier alpha value is -1.62. The van der Waals surface area contributed by atoms with E-state index in [-0.39, 0.29) is 17.1 Å². The van der Waals surface area contributed by atoms with E-state index in [0.29, 0.717) is 17.7 Å².